The fourth-order valence-electron chi connectivity index (χ4n) is 4.19. The number of nitrogens with zero attached hydrogens (tertiary/aromatic N) is 5. The third-order valence-electron chi connectivity index (χ3n) is 6.21. The Kier molecular flexibility index (Phi) is 10.0. The van der Waals surface area contributed by atoms with Gasteiger partial charge in [-0.25, -0.2) is 4.98 Å². The summed E-state index contributed by atoms with van der Waals surface area (Å²) >= 11 is 1.69. The van der Waals surface area contributed by atoms with Gasteiger partial charge in [-0.1, -0.05) is 57.2 Å². The summed E-state index contributed by atoms with van der Waals surface area (Å²) in [6, 6.07) is 27.8. The second kappa shape index (κ2) is 13.8. The van der Waals surface area contributed by atoms with Gasteiger partial charge in [0.05, 0.1) is 29.2 Å². The number of nitrogens with one attached hydrogen (secondary N) is 1. The van der Waals surface area contributed by atoms with Crippen molar-refractivity contribution in [3.05, 3.63) is 114 Å². The number of carbonyl (C=O) groups excluding carboxylic acids is 1. The van der Waals surface area contributed by atoms with E-state index in [9.17, 15) is 4.79 Å². The van der Waals surface area contributed by atoms with E-state index in [2.05, 4.69) is 28.4 Å². The lowest BCUT2D eigenvalue weighted by molar-refractivity contribution is -0.123. The molecule has 204 valence electrons. The summed E-state index contributed by atoms with van der Waals surface area (Å²) in [7, 11) is 0. The van der Waals surface area contributed by atoms with E-state index in [4.69, 9.17) is 20.2 Å². The van der Waals surface area contributed by atoms with E-state index < -0.39 is 5.41 Å². The molecule has 7 nitrogen and oxygen atoms in total. The van der Waals surface area contributed by atoms with Gasteiger partial charge in [0.1, 0.15) is 5.82 Å². The first kappa shape index (κ1) is 28.9. The summed E-state index contributed by atoms with van der Waals surface area (Å²) < 4.78 is 0. The predicted molar refractivity (Wildman–Crippen MR) is 159 cm³/mol. The number of anilines is 1. The number of hydrogen-bond donors (Lipinski definition) is 1. The molecule has 0 radical (unpaired) electrons. The standard InChI is InChI=1S/C32H34N6OS/c1-32(2,3)31(39)37-29-17-10-13-25(36-29)23-38(22-24-12-4-5-16-28(24)40-21-11-18-33)30(26-14-6-8-19-34-26)27-15-7-9-20-35-27/h4-10,12-17,19-20,30H,11,21-23H2,1-3H3,(H,36,37,39). The highest BCUT2D eigenvalue weighted by Gasteiger charge is 2.27. The van der Waals surface area contributed by atoms with Crippen LogP contribution in [0, 0.1) is 16.7 Å². The maximum absolute atomic E-state index is 12.6. The normalized spacial score (nSPS) is 11.4. The maximum Gasteiger partial charge on any atom is 0.230 e. The van der Waals surface area contributed by atoms with Crippen molar-refractivity contribution in [1.29, 1.82) is 5.26 Å². The van der Waals surface area contributed by atoms with E-state index >= 15 is 0 Å². The fourth-order valence-corrected chi connectivity index (χ4v) is 5.10. The van der Waals surface area contributed by atoms with Crippen LogP contribution in [0.2, 0.25) is 0 Å². The minimum absolute atomic E-state index is 0.0859. The number of rotatable bonds is 11. The van der Waals surface area contributed by atoms with Crippen LogP contribution in [0.1, 0.15) is 55.9 Å². The minimum Gasteiger partial charge on any atom is -0.310 e. The Labute approximate surface area is 240 Å². The highest BCUT2D eigenvalue weighted by molar-refractivity contribution is 7.99. The first-order chi connectivity index (χ1) is 19.3. The number of hydrogen-bond acceptors (Lipinski definition) is 7. The molecule has 1 amide bonds. The second-order valence-electron chi connectivity index (χ2n) is 10.4. The van der Waals surface area contributed by atoms with E-state index in [1.165, 1.54) is 0 Å². The van der Waals surface area contributed by atoms with E-state index in [0.717, 1.165) is 33.3 Å². The minimum atomic E-state index is -0.528. The summed E-state index contributed by atoms with van der Waals surface area (Å²) in [5, 5.41) is 12.0. The predicted octanol–water partition coefficient (Wildman–Crippen LogP) is 6.65. The topological polar surface area (TPSA) is 94.8 Å². The van der Waals surface area contributed by atoms with Gasteiger partial charge in [0.25, 0.3) is 0 Å². The Balaban J connectivity index is 1.73. The van der Waals surface area contributed by atoms with Crippen LogP contribution in [0.3, 0.4) is 0 Å². The van der Waals surface area contributed by atoms with Gasteiger partial charge in [-0.3, -0.25) is 19.7 Å². The van der Waals surface area contributed by atoms with Gasteiger partial charge in [0.2, 0.25) is 5.91 Å². The summed E-state index contributed by atoms with van der Waals surface area (Å²) in [5.74, 6) is 1.17. The molecule has 4 aromatic rings. The molecule has 1 aromatic carbocycles. The van der Waals surface area contributed by atoms with E-state index in [1.54, 1.807) is 24.2 Å². The Morgan fingerprint density at radius 2 is 1.60 bits per heavy atom. The average Bonchev–Trinajstić information content (AvgIpc) is 2.95. The lowest BCUT2D eigenvalue weighted by atomic mass is 9.96. The molecular formula is C32H34N6OS. The largest absolute Gasteiger partial charge is 0.310 e. The Bertz CT molecular complexity index is 1390. The summed E-state index contributed by atoms with van der Waals surface area (Å²) in [4.78, 5) is 30.3. The number of pyridine rings is 3. The molecule has 0 bridgehead atoms. The zero-order chi connectivity index (χ0) is 28.4. The van der Waals surface area contributed by atoms with Gasteiger partial charge in [-0.2, -0.15) is 5.26 Å². The van der Waals surface area contributed by atoms with Crippen molar-refractivity contribution in [2.24, 2.45) is 5.41 Å². The molecule has 0 saturated carbocycles. The third kappa shape index (κ3) is 7.98. The number of benzene rings is 1. The first-order valence-corrected chi connectivity index (χ1v) is 14.2. The lowest BCUT2D eigenvalue weighted by Crippen LogP contribution is -2.31. The van der Waals surface area contributed by atoms with Crippen molar-refractivity contribution in [2.45, 2.75) is 51.2 Å². The molecule has 0 spiro atoms. The van der Waals surface area contributed by atoms with Gasteiger partial charge >= 0.3 is 0 Å². The SMILES string of the molecule is CC(C)(C)C(=O)Nc1cccc(CN(Cc2ccccc2SCCC#N)C(c2ccccn2)c2ccccn2)n1. The number of nitriles is 1. The van der Waals surface area contributed by atoms with Crippen molar-refractivity contribution >= 4 is 23.5 Å². The molecule has 3 aromatic heterocycles. The van der Waals surface area contributed by atoms with Gasteiger partial charge in [0.15, 0.2) is 0 Å². The molecule has 0 saturated heterocycles. The molecular weight excluding hydrogens is 516 g/mol. The van der Waals surface area contributed by atoms with Crippen molar-refractivity contribution in [3.8, 4) is 6.07 Å². The molecule has 3 heterocycles. The summed E-state index contributed by atoms with van der Waals surface area (Å²) in [5.41, 5.74) is 3.21. The Morgan fingerprint density at radius 3 is 2.23 bits per heavy atom. The molecule has 1 N–H and O–H groups in total. The average molecular weight is 551 g/mol. The van der Waals surface area contributed by atoms with E-state index in [-0.39, 0.29) is 11.9 Å². The van der Waals surface area contributed by atoms with Crippen LogP contribution >= 0.6 is 11.8 Å². The summed E-state index contributed by atoms with van der Waals surface area (Å²) in [6.07, 6.45) is 4.09. The zero-order valence-corrected chi connectivity index (χ0v) is 23.9. The van der Waals surface area contributed by atoms with E-state index in [0.29, 0.717) is 25.3 Å². The Hall–Kier alpha value is -4.06. The van der Waals surface area contributed by atoms with Crippen LogP contribution < -0.4 is 5.32 Å². The highest BCUT2D eigenvalue weighted by Crippen LogP contribution is 2.32. The lowest BCUT2D eigenvalue weighted by Gasteiger charge is -2.31. The molecule has 4 rings (SSSR count). The van der Waals surface area contributed by atoms with Gasteiger partial charge in [-0.05, 0) is 48.0 Å². The molecule has 0 aliphatic carbocycles. The Morgan fingerprint density at radius 1 is 0.925 bits per heavy atom. The molecule has 0 fully saturated rings. The smallest absolute Gasteiger partial charge is 0.230 e. The van der Waals surface area contributed by atoms with E-state index in [1.807, 2.05) is 87.5 Å². The fraction of sp³-hybridized carbons (Fsp3) is 0.281. The monoisotopic (exact) mass is 550 g/mol. The van der Waals surface area contributed by atoms with Crippen LogP contribution in [0.15, 0.2) is 96.2 Å². The number of thioether (sulfide) groups is 1. The first-order valence-electron chi connectivity index (χ1n) is 13.3. The zero-order valence-electron chi connectivity index (χ0n) is 23.1. The maximum atomic E-state index is 12.6. The third-order valence-corrected chi connectivity index (χ3v) is 7.33. The summed E-state index contributed by atoms with van der Waals surface area (Å²) in [6.45, 7) is 6.74. The van der Waals surface area contributed by atoms with Crippen molar-refractivity contribution in [2.75, 3.05) is 11.1 Å². The number of amides is 1. The quantitative estimate of drug-likeness (QED) is 0.165. The molecule has 0 aliphatic rings. The second-order valence-corrected chi connectivity index (χ2v) is 11.5. The van der Waals surface area contributed by atoms with Crippen LogP contribution in [0.25, 0.3) is 0 Å². The van der Waals surface area contributed by atoms with Crippen molar-refractivity contribution in [3.63, 3.8) is 0 Å². The van der Waals surface area contributed by atoms with Crippen molar-refractivity contribution < 1.29 is 4.79 Å². The van der Waals surface area contributed by atoms with Crippen LogP contribution in [0.4, 0.5) is 5.82 Å². The molecule has 0 aliphatic heterocycles. The molecule has 0 atom stereocenters. The molecule has 8 heteroatoms. The highest BCUT2D eigenvalue weighted by atomic mass is 32.2. The van der Waals surface area contributed by atoms with Crippen molar-refractivity contribution in [1.82, 2.24) is 19.9 Å². The number of aromatic nitrogens is 3. The van der Waals surface area contributed by atoms with Gasteiger partial charge < -0.3 is 5.32 Å². The van der Waals surface area contributed by atoms with Gasteiger partial charge in [-0.15, -0.1) is 11.8 Å². The van der Waals surface area contributed by atoms with Crippen LogP contribution in [0.5, 0.6) is 0 Å². The molecule has 0 unspecified atom stereocenters. The molecule has 40 heavy (non-hydrogen) atoms. The van der Waals surface area contributed by atoms with Crippen LogP contribution in [-0.4, -0.2) is 31.5 Å². The van der Waals surface area contributed by atoms with Gasteiger partial charge in [0, 0.05) is 48.0 Å². The number of carbonyl (C=O) groups is 1. The van der Waals surface area contributed by atoms with Crippen LogP contribution in [-0.2, 0) is 17.9 Å².